The number of carbonyl (C=O) groups is 1. The number of ether oxygens (including phenoxy) is 1. The van der Waals surface area contributed by atoms with Crippen molar-refractivity contribution in [3.05, 3.63) is 12.0 Å². The first kappa shape index (κ1) is 14.5. The standard InChI is InChI=1S/C12H22N4O2/c1-4-6-15(5-2)7-8-16-9-14-10(11(16)13)12(17)18-3/h9H,4-8,13H2,1-3H3. The van der Waals surface area contributed by atoms with Crippen LogP contribution in [0.5, 0.6) is 0 Å². The molecule has 0 atom stereocenters. The van der Waals surface area contributed by atoms with E-state index >= 15 is 0 Å². The van der Waals surface area contributed by atoms with Crippen LogP contribution in [0, 0.1) is 0 Å². The molecule has 6 heteroatoms. The Morgan fingerprint density at radius 3 is 2.78 bits per heavy atom. The van der Waals surface area contributed by atoms with Gasteiger partial charge >= 0.3 is 5.97 Å². The number of carbonyl (C=O) groups excluding carboxylic acids is 1. The summed E-state index contributed by atoms with van der Waals surface area (Å²) in [6.45, 7) is 7.98. The van der Waals surface area contributed by atoms with Crippen LogP contribution in [0.2, 0.25) is 0 Å². The van der Waals surface area contributed by atoms with Crippen molar-refractivity contribution in [3.8, 4) is 0 Å². The molecule has 1 heterocycles. The predicted octanol–water partition coefficient (Wildman–Crippen LogP) is 0.984. The Balaban J connectivity index is 2.63. The van der Waals surface area contributed by atoms with E-state index in [2.05, 4.69) is 28.5 Å². The molecule has 1 aromatic rings. The van der Waals surface area contributed by atoms with Gasteiger partial charge in [-0.05, 0) is 19.5 Å². The minimum Gasteiger partial charge on any atom is -0.464 e. The van der Waals surface area contributed by atoms with Crippen LogP contribution in [0.4, 0.5) is 5.82 Å². The second kappa shape index (κ2) is 7.00. The van der Waals surface area contributed by atoms with Gasteiger partial charge in [-0.15, -0.1) is 0 Å². The first-order valence-electron chi connectivity index (χ1n) is 6.25. The number of hydrogen-bond donors (Lipinski definition) is 1. The van der Waals surface area contributed by atoms with Gasteiger partial charge in [-0.1, -0.05) is 13.8 Å². The molecule has 6 nitrogen and oxygen atoms in total. The van der Waals surface area contributed by atoms with E-state index in [1.54, 1.807) is 10.9 Å². The van der Waals surface area contributed by atoms with Gasteiger partial charge in [-0.2, -0.15) is 0 Å². The van der Waals surface area contributed by atoms with Crippen LogP contribution < -0.4 is 5.73 Å². The zero-order chi connectivity index (χ0) is 13.5. The molecule has 0 spiro atoms. The molecule has 0 aliphatic carbocycles. The van der Waals surface area contributed by atoms with Crippen LogP contribution in [0.25, 0.3) is 0 Å². The highest BCUT2D eigenvalue weighted by Crippen LogP contribution is 2.11. The summed E-state index contributed by atoms with van der Waals surface area (Å²) in [4.78, 5) is 17.7. The first-order chi connectivity index (χ1) is 8.63. The lowest BCUT2D eigenvalue weighted by Crippen LogP contribution is -2.28. The molecule has 0 aliphatic heterocycles. The number of rotatable bonds is 7. The van der Waals surface area contributed by atoms with Gasteiger partial charge in [0.25, 0.3) is 0 Å². The maximum absolute atomic E-state index is 11.4. The number of esters is 1. The highest BCUT2D eigenvalue weighted by molar-refractivity contribution is 5.91. The summed E-state index contributed by atoms with van der Waals surface area (Å²) in [6, 6.07) is 0. The maximum atomic E-state index is 11.4. The summed E-state index contributed by atoms with van der Waals surface area (Å²) >= 11 is 0. The highest BCUT2D eigenvalue weighted by Gasteiger charge is 2.16. The van der Waals surface area contributed by atoms with Crippen molar-refractivity contribution in [2.75, 3.05) is 32.5 Å². The van der Waals surface area contributed by atoms with Crippen LogP contribution in [-0.2, 0) is 11.3 Å². The van der Waals surface area contributed by atoms with E-state index in [9.17, 15) is 4.79 Å². The number of nitrogens with zero attached hydrogens (tertiary/aromatic N) is 3. The molecule has 1 aromatic heterocycles. The van der Waals surface area contributed by atoms with Crippen molar-refractivity contribution in [2.24, 2.45) is 0 Å². The quantitative estimate of drug-likeness (QED) is 0.734. The molecule has 102 valence electrons. The fourth-order valence-corrected chi connectivity index (χ4v) is 1.82. The van der Waals surface area contributed by atoms with Gasteiger partial charge in [0.15, 0.2) is 5.69 Å². The van der Waals surface area contributed by atoms with E-state index in [0.717, 1.165) is 32.6 Å². The third kappa shape index (κ3) is 3.46. The molecule has 0 amide bonds. The van der Waals surface area contributed by atoms with Gasteiger partial charge in [0.1, 0.15) is 5.82 Å². The molecule has 0 unspecified atom stereocenters. The van der Waals surface area contributed by atoms with Gasteiger partial charge < -0.3 is 19.9 Å². The van der Waals surface area contributed by atoms with Crippen molar-refractivity contribution in [3.63, 3.8) is 0 Å². The van der Waals surface area contributed by atoms with Crippen LogP contribution >= 0.6 is 0 Å². The number of nitrogen functional groups attached to an aromatic ring is 1. The zero-order valence-electron chi connectivity index (χ0n) is 11.3. The Morgan fingerprint density at radius 2 is 2.22 bits per heavy atom. The summed E-state index contributed by atoms with van der Waals surface area (Å²) in [5.74, 6) is -0.124. The number of aromatic nitrogens is 2. The van der Waals surface area contributed by atoms with Crippen molar-refractivity contribution in [1.29, 1.82) is 0 Å². The second-order valence-corrected chi connectivity index (χ2v) is 4.10. The fourth-order valence-electron chi connectivity index (χ4n) is 1.82. The predicted molar refractivity (Wildman–Crippen MR) is 70.4 cm³/mol. The van der Waals surface area contributed by atoms with E-state index in [1.165, 1.54) is 7.11 Å². The molecule has 0 saturated carbocycles. The van der Waals surface area contributed by atoms with Crippen LogP contribution in [0.3, 0.4) is 0 Å². The molecule has 1 rings (SSSR count). The molecule has 0 radical (unpaired) electrons. The van der Waals surface area contributed by atoms with Gasteiger partial charge in [0, 0.05) is 13.1 Å². The first-order valence-corrected chi connectivity index (χ1v) is 6.25. The third-order valence-corrected chi connectivity index (χ3v) is 2.90. The highest BCUT2D eigenvalue weighted by atomic mass is 16.5. The minimum atomic E-state index is -0.493. The lowest BCUT2D eigenvalue weighted by molar-refractivity contribution is 0.0596. The normalized spacial score (nSPS) is 10.9. The molecule has 0 saturated heterocycles. The molecular formula is C12H22N4O2. The number of hydrogen-bond acceptors (Lipinski definition) is 5. The summed E-state index contributed by atoms with van der Waals surface area (Å²) in [5.41, 5.74) is 6.05. The van der Waals surface area contributed by atoms with Gasteiger partial charge in [-0.3, -0.25) is 0 Å². The smallest absolute Gasteiger partial charge is 0.360 e. The largest absolute Gasteiger partial charge is 0.464 e. The van der Waals surface area contributed by atoms with Crippen molar-refractivity contribution >= 4 is 11.8 Å². The van der Waals surface area contributed by atoms with Crippen LogP contribution in [0.15, 0.2) is 6.33 Å². The average Bonchev–Trinajstić information content (AvgIpc) is 2.75. The monoisotopic (exact) mass is 254 g/mol. The SMILES string of the molecule is CCCN(CC)CCn1cnc(C(=O)OC)c1N. The lowest BCUT2D eigenvalue weighted by Gasteiger charge is -2.19. The number of nitrogens with two attached hydrogens (primary N) is 1. The van der Waals surface area contributed by atoms with E-state index in [1.807, 2.05) is 0 Å². The summed E-state index contributed by atoms with van der Waals surface area (Å²) in [5, 5.41) is 0. The minimum absolute atomic E-state index is 0.191. The molecule has 2 N–H and O–H groups in total. The maximum Gasteiger partial charge on any atom is 0.360 e. The fraction of sp³-hybridized carbons (Fsp3) is 0.667. The second-order valence-electron chi connectivity index (χ2n) is 4.10. The Kier molecular flexibility index (Phi) is 5.64. The average molecular weight is 254 g/mol. The molecule has 0 bridgehead atoms. The Morgan fingerprint density at radius 1 is 1.50 bits per heavy atom. The molecular weight excluding hydrogens is 232 g/mol. The number of likely N-dealkylation sites (N-methyl/N-ethyl adjacent to an activating group) is 1. The number of imidazole rings is 1. The van der Waals surface area contributed by atoms with E-state index < -0.39 is 5.97 Å². The van der Waals surface area contributed by atoms with Crippen molar-refractivity contribution in [2.45, 2.75) is 26.8 Å². The van der Waals surface area contributed by atoms with Crippen LogP contribution in [0.1, 0.15) is 30.8 Å². The topological polar surface area (TPSA) is 73.4 Å². The summed E-state index contributed by atoms with van der Waals surface area (Å²) < 4.78 is 6.39. The molecule has 0 aromatic carbocycles. The van der Waals surface area contributed by atoms with E-state index in [0.29, 0.717) is 5.82 Å². The number of methoxy groups -OCH3 is 1. The lowest BCUT2D eigenvalue weighted by atomic mass is 10.4. The summed E-state index contributed by atoms with van der Waals surface area (Å²) in [6.07, 6.45) is 2.71. The van der Waals surface area contributed by atoms with Gasteiger partial charge in [0.05, 0.1) is 13.4 Å². The van der Waals surface area contributed by atoms with E-state index in [-0.39, 0.29) is 5.69 Å². The molecule has 18 heavy (non-hydrogen) atoms. The van der Waals surface area contributed by atoms with Crippen molar-refractivity contribution < 1.29 is 9.53 Å². The Hall–Kier alpha value is -1.56. The number of anilines is 1. The van der Waals surface area contributed by atoms with E-state index in [4.69, 9.17) is 5.73 Å². The molecule has 0 fully saturated rings. The van der Waals surface area contributed by atoms with Gasteiger partial charge in [0.2, 0.25) is 0 Å². The molecule has 0 aliphatic rings. The van der Waals surface area contributed by atoms with Crippen LogP contribution in [-0.4, -0.2) is 47.2 Å². The Labute approximate surface area is 108 Å². The third-order valence-electron chi connectivity index (χ3n) is 2.90. The summed E-state index contributed by atoms with van der Waals surface area (Å²) in [7, 11) is 1.32. The zero-order valence-corrected chi connectivity index (χ0v) is 11.3. The van der Waals surface area contributed by atoms with Gasteiger partial charge in [-0.25, -0.2) is 9.78 Å². The van der Waals surface area contributed by atoms with Crippen molar-refractivity contribution in [1.82, 2.24) is 14.5 Å². The Bertz CT molecular complexity index is 389.